The van der Waals surface area contributed by atoms with E-state index in [1.54, 1.807) is 18.6 Å². The molecule has 0 amide bonds. The first-order valence-electron chi connectivity index (χ1n) is 5.15. The zero-order chi connectivity index (χ0) is 11.5. The van der Waals surface area contributed by atoms with Crippen LogP contribution in [0.15, 0.2) is 18.6 Å². The van der Waals surface area contributed by atoms with E-state index in [9.17, 15) is 4.79 Å². The maximum absolute atomic E-state index is 11.3. The number of esters is 1. The molecule has 0 saturated carbocycles. The van der Waals surface area contributed by atoms with Crippen molar-refractivity contribution in [3.63, 3.8) is 0 Å². The van der Waals surface area contributed by atoms with Crippen LogP contribution in [0.1, 0.15) is 23.8 Å². The van der Waals surface area contributed by atoms with Crippen molar-refractivity contribution in [1.29, 1.82) is 0 Å². The summed E-state index contributed by atoms with van der Waals surface area (Å²) in [5.41, 5.74) is 2.00. The second kappa shape index (κ2) is 4.30. The average molecular weight is 219 g/mol. The van der Waals surface area contributed by atoms with Crippen molar-refractivity contribution in [2.75, 3.05) is 7.11 Å². The molecule has 0 aliphatic heterocycles. The van der Waals surface area contributed by atoms with Gasteiger partial charge in [0, 0.05) is 6.54 Å². The molecular formula is C11H13N3O2. The van der Waals surface area contributed by atoms with Crippen LogP contribution in [-0.2, 0) is 11.3 Å². The minimum absolute atomic E-state index is 0.289. The van der Waals surface area contributed by atoms with Gasteiger partial charge in [-0.05, 0) is 12.5 Å². The molecule has 0 aliphatic rings. The fourth-order valence-electron chi connectivity index (χ4n) is 1.59. The highest BCUT2D eigenvalue weighted by Gasteiger charge is 2.10. The van der Waals surface area contributed by atoms with Gasteiger partial charge < -0.3 is 9.30 Å². The summed E-state index contributed by atoms with van der Waals surface area (Å²) in [7, 11) is 1.34. The maximum atomic E-state index is 11.3. The molecule has 0 fully saturated rings. The van der Waals surface area contributed by atoms with Gasteiger partial charge in [0.2, 0.25) is 0 Å². The minimum atomic E-state index is -0.438. The van der Waals surface area contributed by atoms with Crippen LogP contribution < -0.4 is 0 Å². The summed E-state index contributed by atoms with van der Waals surface area (Å²) in [4.78, 5) is 19.6. The van der Waals surface area contributed by atoms with E-state index in [0.717, 1.165) is 24.0 Å². The molecule has 2 aromatic rings. The van der Waals surface area contributed by atoms with Gasteiger partial charge in [-0.1, -0.05) is 6.92 Å². The van der Waals surface area contributed by atoms with Crippen molar-refractivity contribution in [1.82, 2.24) is 14.5 Å². The first-order valence-corrected chi connectivity index (χ1v) is 5.15. The van der Waals surface area contributed by atoms with Gasteiger partial charge in [0.05, 0.1) is 30.7 Å². The fraction of sp³-hybridized carbons (Fsp3) is 0.364. The topological polar surface area (TPSA) is 57.0 Å². The molecular weight excluding hydrogens is 206 g/mol. The van der Waals surface area contributed by atoms with Crippen molar-refractivity contribution in [2.45, 2.75) is 19.9 Å². The third kappa shape index (κ3) is 1.76. The molecule has 2 rings (SSSR count). The van der Waals surface area contributed by atoms with E-state index in [4.69, 9.17) is 0 Å². The van der Waals surface area contributed by atoms with Crippen LogP contribution >= 0.6 is 0 Å². The number of ether oxygens (including phenoxy) is 1. The highest BCUT2D eigenvalue weighted by Crippen LogP contribution is 2.13. The number of carbonyl (C=O) groups excluding carboxylic acids is 1. The second-order valence-electron chi connectivity index (χ2n) is 3.49. The zero-order valence-electron chi connectivity index (χ0n) is 9.30. The Bertz CT molecular complexity index is 519. The molecule has 0 N–H and O–H groups in total. The lowest BCUT2D eigenvalue weighted by molar-refractivity contribution is 0.0594. The predicted octanol–water partition coefficient (Wildman–Crippen LogP) is 1.63. The van der Waals surface area contributed by atoms with Gasteiger partial charge in [0.1, 0.15) is 0 Å². The normalized spacial score (nSPS) is 10.6. The second-order valence-corrected chi connectivity index (χ2v) is 3.49. The molecule has 5 heteroatoms. The number of rotatable bonds is 3. The van der Waals surface area contributed by atoms with Crippen molar-refractivity contribution >= 4 is 17.0 Å². The summed E-state index contributed by atoms with van der Waals surface area (Å²) in [5, 5.41) is 0. The summed E-state index contributed by atoms with van der Waals surface area (Å²) in [6, 6.07) is 1.65. The van der Waals surface area contributed by atoms with Crippen LogP contribution in [0.5, 0.6) is 0 Å². The number of imidazole rings is 1. The summed E-state index contributed by atoms with van der Waals surface area (Å²) < 4.78 is 6.62. The van der Waals surface area contributed by atoms with Crippen LogP contribution in [0.3, 0.4) is 0 Å². The molecule has 5 nitrogen and oxygen atoms in total. The van der Waals surface area contributed by atoms with E-state index in [0.29, 0.717) is 0 Å². The number of pyridine rings is 1. The van der Waals surface area contributed by atoms with Crippen molar-refractivity contribution in [3.8, 4) is 0 Å². The lowest BCUT2D eigenvalue weighted by atomic mass is 10.3. The Morgan fingerprint density at radius 2 is 2.31 bits per heavy atom. The predicted molar refractivity (Wildman–Crippen MR) is 59.2 cm³/mol. The van der Waals surface area contributed by atoms with Crippen molar-refractivity contribution < 1.29 is 9.53 Å². The Morgan fingerprint density at radius 3 is 3.00 bits per heavy atom. The Balaban J connectivity index is 2.44. The Hall–Kier alpha value is -1.91. The average Bonchev–Trinajstić information content (AvgIpc) is 2.71. The third-order valence-electron chi connectivity index (χ3n) is 2.37. The number of hydrogen-bond donors (Lipinski definition) is 0. The number of aryl methyl sites for hydroxylation is 1. The van der Waals surface area contributed by atoms with E-state index < -0.39 is 5.97 Å². The molecule has 0 aliphatic carbocycles. The number of aromatic nitrogens is 3. The largest absolute Gasteiger partial charge is 0.464 e. The van der Waals surface area contributed by atoms with E-state index in [1.807, 2.05) is 4.57 Å². The fourth-order valence-corrected chi connectivity index (χ4v) is 1.59. The molecule has 2 heterocycles. The summed E-state index contributed by atoms with van der Waals surface area (Å²) >= 11 is 0. The summed E-state index contributed by atoms with van der Waals surface area (Å²) in [6.07, 6.45) is 4.45. The molecule has 0 unspecified atom stereocenters. The zero-order valence-corrected chi connectivity index (χ0v) is 9.30. The third-order valence-corrected chi connectivity index (χ3v) is 2.37. The van der Waals surface area contributed by atoms with Crippen molar-refractivity contribution in [2.24, 2.45) is 0 Å². The lowest BCUT2D eigenvalue weighted by Gasteiger charge is -2.01. The number of carbonyl (C=O) groups is 1. The van der Waals surface area contributed by atoms with Gasteiger partial charge >= 0.3 is 5.97 Å². The molecule has 16 heavy (non-hydrogen) atoms. The van der Waals surface area contributed by atoms with Crippen LogP contribution in [0.25, 0.3) is 11.0 Å². The van der Waals surface area contributed by atoms with Crippen LogP contribution in [0.4, 0.5) is 0 Å². The summed E-state index contributed by atoms with van der Waals surface area (Å²) in [5.74, 6) is -0.438. The highest BCUT2D eigenvalue weighted by atomic mass is 16.5. The standard InChI is InChI=1S/C11H13N3O2/c1-3-4-14-7-13-8-5-9(11(15)16-2)12-6-10(8)14/h5-7H,3-4H2,1-2H3. The highest BCUT2D eigenvalue weighted by molar-refractivity contribution is 5.91. The van der Waals surface area contributed by atoms with Gasteiger partial charge in [-0.2, -0.15) is 0 Å². The van der Waals surface area contributed by atoms with E-state index >= 15 is 0 Å². The molecule has 0 radical (unpaired) electrons. The molecule has 0 atom stereocenters. The smallest absolute Gasteiger partial charge is 0.356 e. The van der Waals surface area contributed by atoms with E-state index in [1.165, 1.54) is 7.11 Å². The molecule has 2 aromatic heterocycles. The molecule has 0 bridgehead atoms. The lowest BCUT2D eigenvalue weighted by Crippen LogP contribution is -2.04. The SMILES string of the molecule is CCCn1cnc2cc(C(=O)OC)ncc21. The number of hydrogen-bond acceptors (Lipinski definition) is 4. The minimum Gasteiger partial charge on any atom is -0.464 e. The Morgan fingerprint density at radius 1 is 1.50 bits per heavy atom. The van der Waals surface area contributed by atoms with Crippen LogP contribution in [-0.4, -0.2) is 27.6 Å². The van der Waals surface area contributed by atoms with Gasteiger partial charge in [0.25, 0.3) is 0 Å². The number of fused-ring (bicyclic) bond motifs is 1. The van der Waals surface area contributed by atoms with Gasteiger partial charge in [-0.3, -0.25) is 0 Å². The summed E-state index contributed by atoms with van der Waals surface area (Å²) in [6.45, 7) is 3.00. The number of nitrogens with zero attached hydrogens (tertiary/aromatic N) is 3. The Kier molecular flexibility index (Phi) is 2.85. The van der Waals surface area contributed by atoms with E-state index in [2.05, 4.69) is 21.6 Å². The van der Waals surface area contributed by atoms with Crippen LogP contribution in [0.2, 0.25) is 0 Å². The molecule has 84 valence electrons. The quantitative estimate of drug-likeness (QED) is 0.736. The maximum Gasteiger partial charge on any atom is 0.356 e. The van der Waals surface area contributed by atoms with Crippen molar-refractivity contribution in [3.05, 3.63) is 24.3 Å². The van der Waals surface area contributed by atoms with Crippen LogP contribution in [0, 0.1) is 0 Å². The van der Waals surface area contributed by atoms with Gasteiger partial charge in [0.15, 0.2) is 5.69 Å². The number of methoxy groups -OCH3 is 1. The Labute approximate surface area is 93.1 Å². The molecule has 0 spiro atoms. The van der Waals surface area contributed by atoms with Gasteiger partial charge in [-0.15, -0.1) is 0 Å². The van der Waals surface area contributed by atoms with Gasteiger partial charge in [-0.25, -0.2) is 14.8 Å². The molecule has 0 saturated heterocycles. The first-order chi connectivity index (χ1) is 7.76. The first kappa shape index (κ1) is 10.6. The molecule has 0 aromatic carbocycles. The monoisotopic (exact) mass is 219 g/mol. The van der Waals surface area contributed by atoms with E-state index in [-0.39, 0.29) is 5.69 Å².